The van der Waals surface area contributed by atoms with Crippen LogP contribution in [0.15, 0.2) is 57.6 Å². The van der Waals surface area contributed by atoms with Crippen LogP contribution in [0.4, 0.5) is 0 Å². The first-order chi connectivity index (χ1) is 16.8. The summed E-state index contributed by atoms with van der Waals surface area (Å²) in [5.41, 5.74) is 3.68. The molecule has 2 heterocycles. The zero-order valence-corrected chi connectivity index (χ0v) is 19.8. The number of hydrogen-bond acceptors (Lipinski definition) is 9. The summed E-state index contributed by atoms with van der Waals surface area (Å²) in [6, 6.07) is 13.1. The molecule has 0 fully saturated rings. The maximum atomic E-state index is 12.3. The third kappa shape index (κ3) is 5.57. The van der Waals surface area contributed by atoms with Crippen molar-refractivity contribution in [1.29, 1.82) is 0 Å². The van der Waals surface area contributed by atoms with Gasteiger partial charge in [-0.3, -0.25) is 0 Å². The minimum atomic E-state index is -0.462. The van der Waals surface area contributed by atoms with E-state index in [2.05, 4.69) is 10.3 Å². The summed E-state index contributed by atoms with van der Waals surface area (Å²) in [4.78, 5) is 24.7. The molecule has 0 atom stereocenters. The quantitative estimate of drug-likeness (QED) is 0.308. The molecule has 0 bridgehead atoms. The summed E-state index contributed by atoms with van der Waals surface area (Å²) in [6.45, 7) is 7.30. The molecule has 0 unspecified atom stereocenters. The van der Waals surface area contributed by atoms with Crippen LogP contribution in [0, 0.1) is 27.7 Å². The SMILES string of the molecule is Cc1noc(C)c1COC(=O)c1ccc(Oc2ccc(C(=O)OCc3c(C)noc3C)cc2)cc1. The molecule has 9 nitrogen and oxygen atoms in total. The molecule has 0 aliphatic carbocycles. The Morgan fingerprint density at radius 3 is 1.34 bits per heavy atom. The maximum absolute atomic E-state index is 12.3. The van der Waals surface area contributed by atoms with Crippen molar-refractivity contribution in [1.82, 2.24) is 10.3 Å². The van der Waals surface area contributed by atoms with Crippen LogP contribution in [0.2, 0.25) is 0 Å². The van der Waals surface area contributed by atoms with Gasteiger partial charge in [-0.15, -0.1) is 0 Å². The topological polar surface area (TPSA) is 114 Å². The largest absolute Gasteiger partial charge is 0.457 e. The Morgan fingerprint density at radius 1 is 0.657 bits per heavy atom. The van der Waals surface area contributed by atoms with Crippen molar-refractivity contribution < 1.29 is 32.8 Å². The summed E-state index contributed by atoms with van der Waals surface area (Å²) in [7, 11) is 0. The van der Waals surface area contributed by atoms with Gasteiger partial charge in [-0.2, -0.15) is 0 Å². The summed E-state index contributed by atoms with van der Waals surface area (Å²) in [5.74, 6) is 1.38. The van der Waals surface area contributed by atoms with Crippen LogP contribution in [-0.4, -0.2) is 22.3 Å². The fourth-order valence-electron chi connectivity index (χ4n) is 3.31. The standard InChI is InChI=1S/C26H24N2O7/c1-15-23(17(3)34-27-15)13-31-25(29)19-5-9-21(10-6-19)33-22-11-7-20(8-12-22)26(30)32-14-24-16(2)28-35-18(24)4/h5-12H,13-14H2,1-4H3. The highest BCUT2D eigenvalue weighted by molar-refractivity contribution is 5.90. The third-order valence-electron chi connectivity index (χ3n) is 5.47. The number of rotatable bonds is 8. The second kappa shape index (κ2) is 10.3. The van der Waals surface area contributed by atoms with Gasteiger partial charge in [0.15, 0.2) is 0 Å². The van der Waals surface area contributed by atoms with Crippen LogP contribution in [0.5, 0.6) is 11.5 Å². The Kier molecular flexibility index (Phi) is 6.96. The van der Waals surface area contributed by atoms with E-state index in [9.17, 15) is 9.59 Å². The molecule has 2 aromatic carbocycles. The molecule has 4 rings (SSSR count). The zero-order valence-electron chi connectivity index (χ0n) is 19.8. The molecule has 0 N–H and O–H groups in total. The van der Waals surface area contributed by atoms with E-state index in [4.69, 9.17) is 23.3 Å². The minimum absolute atomic E-state index is 0.0885. The molecule has 0 saturated heterocycles. The fourth-order valence-corrected chi connectivity index (χ4v) is 3.31. The Morgan fingerprint density at radius 2 is 1.03 bits per heavy atom. The lowest BCUT2D eigenvalue weighted by Crippen LogP contribution is -2.06. The van der Waals surface area contributed by atoms with Gasteiger partial charge in [0.1, 0.15) is 36.2 Å². The summed E-state index contributed by atoms with van der Waals surface area (Å²) < 4.78 is 26.7. The minimum Gasteiger partial charge on any atom is -0.457 e. The van der Waals surface area contributed by atoms with Crippen molar-refractivity contribution >= 4 is 11.9 Å². The number of hydrogen-bond donors (Lipinski definition) is 0. The average molecular weight is 476 g/mol. The average Bonchev–Trinajstić information content (AvgIpc) is 3.36. The van der Waals surface area contributed by atoms with Crippen LogP contribution < -0.4 is 4.74 Å². The Bertz CT molecular complexity index is 1190. The van der Waals surface area contributed by atoms with E-state index in [0.29, 0.717) is 45.5 Å². The predicted molar refractivity (Wildman–Crippen MR) is 123 cm³/mol. The van der Waals surface area contributed by atoms with Gasteiger partial charge < -0.3 is 23.3 Å². The van der Waals surface area contributed by atoms with Crippen molar-refractivity contribution in [3.63, 3.8) is 0 Å². The third-order valence-corrected chi connectivity index (χ3v) is 5.47. The molecule has 35 heavy (non-hydrogen) atoms. The van der Waals surface area contributed by atoms with Crippen LogP contribution in [0.3, 0.4) is 0 Å². The molecule has 9 heteroatoms. The molecule has 4 aromatic rings. The fraction of sp³-hybridized carbons (Fsp3) is 0.231. The number of carbonyl (C=O) groups excluding carboxylic acids is 2. The lowest BCUT2D eigenvalue weighted by molar-refractivity contribution is 0.0462. The number of aromatic nitrogens is 2. The number of nitrogens with zero attached hydrogens (tertiary/aromatic N) is 2. The van der Waals surface area contributed by atoms with Gasteiger partial charge in [-0.05, 0) is 76.2 Å². The van der Waals surface area contributed by atoms with E-state index in [1.54, 1.807) is 76.2 Å². The summed E-state index contributed by atoms with van der Waals surface area (Å²) >= 11 is 0. The lowest BCUT2D eigenvalue weighted by Gasteiger charge is -2.08. The highest BCUT2D eigenvalue weighted by Gasteiger charge is 2.15. The lowest BCUT2D eigenvalue weighted by atomic mass is 10.2. The van der Waals surface area contributed by atoms with Gasteiger partial charge in [0.25, 0.3) is 0 Å². The predicted octanol–water partition coefficient (Wildman–Crippen LogP) is 5.40. The van der Waals surface area contributed by atoms with Crippen molar-refractivity contribution in [2.75, 3.05) is 0 Å². The maximum Gasteiger partial charge on any atom is 0.338 e. The molecule has 0 aliphatic heterocycles. The molecule has 0 saturated carbocycles. The summed E-state index contributed by atoms with van der Waals surface area (Å²) in [6.07, 6.45) is 0. The molecule has 0 aliphatic rings. The second-order valence-corrected chi connectivity index (χ2v) is 7.91. The first kappa shape index (κ1) is 23.7. The number of benzene rings is 2. The number of carbonyl (C=O) groups is 2. The Labute approximate surface area is 201 Å². The van der Waals surface area contributed by atoms with Gasteiger partial charge in [-0.25, -0.2) is 9.59 Å². The molecule has 2 aromatic heterocycles. The van der Waals surface area contributed by atoms with Crippen LogP contribution in [0.1, 0.15) is 54.8 Å². The molecule has 0 spiro atoms. The summed E-state index contributed by atoms with van der Waals surface area (Å²) in [5, 5.41) is 7.69. The van der Waals surface area contributed by atoms with E-state index in [0.717, 1.165) is 11.1 Å². The van der Waals surface area contributed by atoms with Crippen LogP contribution in [-0.2, 0) is 22.7 Å². The van der Waals surface area contributed by atoms with Crippen LogP contribution in [0.25, 0.3) is 0 Å². The normalized spacial score (nSPS) is 10.7. The van der Waals surface area contributed by atoms with Gasteiger partial charge in [-0.1, -0.05) is 10.3 Å². The first-order valence-electron chi connectivity index (χ1n) is 10.9. The number of esters is 2. The molecule has 0 amide bonds. The number of ether oxygens (including phenoxy) is 3. The van der Waals surface area contributed by atoms with E-state index in [-0.39, 0.29) is 13.2 Å². The second-order valence-electron chi connectivity index (χ2n) is 7.91. The number of aryl methyl sites for hydroxylation is 4. The smallest absolute Gasteiger partial charge is 0.338 e. The monoisotopic (exact) mass is 476 g/mol. The van der Waals surface area contributed by atoms with E-state index >= 15 is 0 Å². The van der Waals surface area contributed by atoms with Gasteiger partial charge in [0.2, 0.25) is 0 Å². The molecular weight excluding hydrogens is 452 g/mol. The highest BCUT2D eigenvalue weighted by atomic mass is 16.5. The van der Waals surface area contributed by atoms with E-state index < -0.39 is 11.9 Å². The van der Waals surface area contributed by atoms with E-state index in [1.165, 1.54) is 0 Å². The Hall–Kier alpha value is -4.40. The van der Waals surface area contributed by atoms with Crippen molar-refractivity contribution in [2.24, 2.45) is 0 Å². The Balaban J connectivity index is 1.30. The van der Waals surface area contributed by atoms with Crippen molar-refractivity contribution in [3.8, 4) is 11.5 Å². The zero-order chi connectivity index (χ0) is 24.9. The first-order valence-corrected chi connectivity index (χ1v) is 10.9. The van der Waals surface area contributed by atoms with Crippen molar-refractivity contribution in [3.05, 3.63) is 93.7 Å². The van der Waals surface area contributed by atoms with Gasteiger partial charge in [0, 0.05) is 0 Å². The molecule has 0 radical (unpaired) electrons. The van der Waals surface area contributed by atoms with Gasteiger partial charge >= 0.3 is 11.9 Å². The van der Waals surface area contributed by atoms with Crippen molar-refractivity contribution in [2.45, 2.75) is 40.9 Å². The molecular formula is C26H24N2O7. The van der Waals surface area contributed by atoms with Crippen LogP contribution >= 0.6 is 0 Å². The molecule has 180 valence electrons. The van der Waals surface area contributed by atoms with Gasteiger partial charge in [0.05, 0.1) is 33.6 Å². The van der Waals surface area contributed by atoms with E-state index in [1.807, 2.05) is 0 Å². The highest BCUT2D eigenvalue weighted by Crippen LogP contribution is 2.23.